The molecular formula is C15H31N3O2S. The Morgan fingerprint density at radius 2 is 2.00 bits per heavy atom. The summed E-state index contributed by atoms with van der Waals surface area (Å²) in [5, 5.41) is 3.44. The highest BCUT2D eigenvalue weighted by molar-refractivity contribution is 7.86. The van der Waals surface area contributed by atoms with Gasteiger partial charge in [-0.2, -0.15) is 17.0 Å². The van der Waals surface area contributed by atoms with Crippen molar-refractivity contribution in [3.63, 3.8) is 0 Å². The first-order valence-electron chi connectivity index (χ1n) is 8.52. The fourth-order valence-corrected chi connectivity index (χ4v) is 4.75. The molecule has 1 heterocycles. The molecule has 0 amide bonds. The van der Waals surface area contributed by atoms with Gasteiger partial charge in [-0.3, -0.25) is 0 Å². The molecule has 1 saturated carbocycles. The zero-order chi connectivity index (χ0) is 15.3. The van der Waals surface area contributed by atoms with E-state index >= 15 is 0 Å². The zero-order valence-corrected chi connectivity index (χ0v) is 14.4. The van der Waals surface area contributed by atoms with Gasteiger partial charge < -0.3 is 5.32 Å². The van der Waals surface area contributed by atoms with Crippen LogP contribution in [-0.4, -0.2) is 55.8 Å². The van der Waals surface area contributed by atoms with Crippen molar-refractivity contribution in [1.29, 1.82) is 0 Å². The molecule has 124 valence electrons. The largest absolute Gasteiger partial charge is 0.314 e. The first-order valence-corrected chi connectivity index (χ1v) is 9.92. The van der Waals surface area contributed by atoms with Crippen LogP contribution in [0, 0.1) is 0 Å². The van der Waals surface area contributed by atoms with E-state index in [2.05, 4.69) is 12.2 Å². The number of piperidine rings is 1. The molecule has 1 saturated heterocycles. The van der Waals surface area contributed by atoms with Crippen molar-refractivity contribution in [1.82, 2.24) is 13.9 Å². The molecule has 0 aromatic rings. The maximum Gasteiger partial charge on any atom is 0.281 e. The van der Waals surface area contributed by atoms with Crippen molar-refractivity contribution in [2.45, 2.75) is 70.4 Å². The molecule has 0 radical (unpaired) electrons. The van der Waals surface area contributed by atoms with Crippen LogP contribution < -0.4 is 5.32 Å². The van der Waals surface area contributed by atoms with Gasteiger partial charge in [-0.1, -0.05) is 19.8 Å². The van der Waals surface area contributed by atoms with Crippen LogP contribution in [0.4, 0.5) is 0 Å². The summed E-state index contributed by atoms with van der Waals surface area (Å²) < 4.78 is 28.8. The second-order valence-electron chi connectivity index (χ2n) is 6.46. The highest BCUT2D eigenvalue weighted by Crippen LogP contribution is 2.25. The van der Waals surface area contributed by atoms with Crippen molar-refractivity contribution in [3.05, 3.63) is 0 Å². The minimum Gasteiger partial charge on any atom is -0.314 e. The van der Waals surface area contributed by atoms with Crippen LogP contribution in [-0.2, 0) is 10.2 Å². The Hall–Kier alpha value is -0.170. The normalized spacial score (nSPS) is 24.6. The number of hydrogen-bond acceptors (Lipinski definition) is 3. The van der Waals surface area contributed by atoms with Crippen molar-refractivity contribution < 1.29 is 8.42 Å². The lowest BCUT2D eigenvalue weighted by atomic mass is 10.0. The van der Waals surface area contributed by atoms with Crippen molar-refractivity contribution in [2.75, 3.05) is 26.7 Å². The monoisotopic (exact) mass is 317 g/mol. The van der Waals surface area contributed by atoms with E-state index in [-0.39, 0.29) is 6.04 Å². The van der Waals surface area contributed by atoms with Crippen LogP contribution in [0.3, 0.4) is 0 Å². The average Bonchev–Trinajstić information content (AvgIpc) is 3.28. The molecule has 2 fully saturated rings. The van der Waals surface area contributed by atoms with Gasteiger partial charge >= 0.3 is 0 Å². The second kappa shape index (κ2) is 7.90. The first kappa shape index (κ1) is 17.2. The van der Waals surface area contributed by atoms with Crippen molar-refractivity contribution in [2.24, 2.45) is 0 Å². The van der Waals surface area contributed by atoms with E-state index in [0.717, 1.165) is 45.1 Å². The fourth-order valence-electron chi connectivity index (χ4n) is 3.09. The lowest BCUT2D eigenvalue weighted by Gasteiger charge is -2.37. The van der Waals surface area contributed by atoms with Gasteiger partial charge in [0.15, 0.2) is 0 Å². The summed E-state index contributed by atoms with van der Waals surface area (Å²) in [6, 6.07) is 0.906. The number of nitrogens with one attached hydrogen (secondary N) is 1. The molecule has 6 heteroatoms. The Bertz CT molecular complexity index is 407. The molecule has 2 aliphatic rings. The minimum atomic E-state index is -3.28. The quantitative estimate of drug-likeness (QED) is 0.661. The fraction of sp³-hybridized carbons (Fsp3) is 1.00. The first-order chi connectivity index (χ1) is 10.1. The highest BCUT2D eigenvalue weighted by atomic mass is 32.2. The summed E-state index contributed by atoms with van der Waals surface area (Å²) in [7, 11) is -1.55. The van der Waals surface area contributed by atoms with Gasteiger partial charge in [0.1, 0.15) is 0 Å². The molecule has 0 bridgehead atoms. The molecule has 1 unspecified atom stereocenters. The van der Waals surface area contributed by atoms with Gasteiger partial charge in [-0.05, 0) is 45.1 Å². The molecule has 21 heavy (non-hydrogen) atoms. The van der Waals surface area contributed by atoms with Crippen LogP contribution >= 0.6 is 0 Å². The van der Waals surface area contributed by atoms with E-state index in [1.54, 1.807) is 15.7 Å². The van der Waals surface area contributed by atoms with Gasteiger partial charge in [-0.25, -0.2) is 0 Å². The maximum absolute atomic E-state index is 12.7. The van der Waals surface area contributed by atoms with Gasteiger partial charge in [-0.15, -0.1) is 0 Å². The molecule has 1 atom stereocenters. The molecule has 1 aliphatic carbocycles. The molecule has 0 aromatic heterocycles. The lowest BCUT2D eigenvalue weighted by Crippen LogP contribution is -2.49. The van der Waals surface area contributed by atoms with E-state index in [0.29, 0.717) is 19.1 Å². The Morgan fingerprint density at radius 3 is 2.67 bits per heavy atom. The molecule has 1 aliphatic heterocycles. The lowest BCUT2D eigenvalue weighted by molar-refractivity contribution is 0.224. The summed E-state index contributed by atoms with van der Waals surface area (Å²) in [6.07, 6.45) is 8.65. The predicted octanol–water partition coefficient (Wildman–Crippen LogP) is 1.96. The zero-order valence-electron chi connectivity index (χ0n) is 13.6. The topological polar surface area (TPSA) is 52.7 Å². The molecular weight excluding hydrogens is 286 g/mol. The SMILES string of the molecule is CCCC1CCCCN1S(=O)(=O)N(C)CCCNC1CC1. The van der Waals surface area contributed by atoms with Crippen LogP contribution in [0.15, 0.2) is 0 Å². The van der Waals surface area contributed by atoms with Gasteiger partial charge in [0.05, 0.1) is 0 Å². The molecule has 1 N–H and O–H groups in total. The van der Waals surface area contributed by atoms with E-state index in [4.69, 9.17) is 0 Å². The Kier molecular flexibility index (Phi) is 6.47. The van der Waals surface area contributed by atoms with E-state index in [9.17, 15) is 8.42 Å². The van der Waals surface area contributed by atoms with Crippen LogP contribution in [0.5, 0.6) is 0 Å². The standard InChI is InChI=1S/C15H31N3O2S/c1-3-7-15-8-4-5-13-18(15)21(19,20)17(2)12-6-11-16-14-9-10-14/h14-16H,3-13H2,1-2H3. The second-order valence-corrected chi connectivity index (χ2v) is 8.45. The van der Waals surface area contributed by atoms with Gasteiger partial charge in [0, 0.05) is 32.2 Å². The van der Waals surface area contributed by atoms with Crippen molar-refractivity contribution in [3.8, 4) is 0 Å². The molecule has 2 rings (SSSR count). The third-order valence-electron chi connectivity index (χ3n) is 4.55. The summed E-state index contributed by atoms with van der Waals surface area (Å²) in [6.45, 7) is 4.35. The van der Waals surface area contributed by atoms with Gasteiger partial charge in [0.2, 0.25) is 0 Å². The van der Waals surface area contributed by atoms with Crippen molar-refractivity contribution >= 4 is 10.2 Å². The molecule has 5 nitrogen and oxygen atoms in total. The van der Waals surface area contributed by atoms with Gasteiger partial charge in [0.25, 0.3) is 10.2 Å². The average molecular weight is 317 g/mol. The smallest absolute Gasteiger partial charge is 0.281 e. The summed E-state index contributed by atoms with van der Waals surface area (Å²) >= 11 is 0. The van der Waals surface area contributed by atoms with Crippen LogP contribution in [0.2, 0.25) is 0 Å². The molecule has 0 spiro atoms. The third-order valence-corrected chi connectivity index (χ3v) is 6.59. The summed E-state index contributed by atoms with van der Waals surface area (Å²) in [5.41, 5.74) is 0. The Morgan fingerprint density at radius 1 is 1.24 bits per heavy atom. The summed E-state index contributed by atoms with van der Waals surface area (Å²) in [4.78, 5) is 0. The minimum absolute atomic E-state index is 0.209. The van der Waals surface area contributed by atoms with Crippen LogP contribution in [0.25, 0.3) is 0 Å². The van der Waals surface area contributed by atoms with Crippen LogP contribution in [0.1, 0.15) is 58.3 Å². The predicted molar refractivity (Wildman–Crippen MR) is 86.4 cm³/mol. The third kappa shape index (κ3) is 4.91. The van der Waals surface area contributed by atoms with E-state index in [1.165, 1.54) is 12.8 Å². The maximum atomic E-state index is 12.7. The highest BCUT2D eigenvalue weighted by Gasteiger charge is 2.34. The Balaban J connectivity index is 1.84. The number of nitrogens with zero attached hydrogens (tertiary/aromatic N) is 2. The molecule has 0 aromatic carbocycles. The van der Waals surface area contributed by atoms with E-state index in [1.807, 2.05) is 0 Å². The number of rotatable bonds is 9. The summed E-state index contributed by atoms with van der Waals surface area (Å²) in [5.74, 6) is 0. The number of hydrogen-bond donors (Lipinski definition) is 1. The Labute approximate surface area is 130 Å². The van der Waals surface area contributed by atoms with E-state index < -0.39 is 10.2 Å².